The Morgan fingerprint density at radius 3 is 2.52 bits per heavy atom. The lowest BCUT2D eigenvalue weighted by Gasteiger charge is -2.07. The van der Waals surface area contributed by atoms with Crippen molar-refractivity contribution in [2.24, 2.45) is 0 Å². The summed E-state index contributed by atoms with van der Waals surface area (Å²) in [5.74, 6) is -0.697. The summed E-state index contributed by atoms with van der Waals surface area (Å²) < 4.78 is 80.4. The second-order valence-electron chi connectivity index (χ2n) is 5.31. The van der Waals surface area contributed by atoms with E-state index in [0.717, 1.165) is 15.6 Å². The molecular weight excluding hydrogens is 452 g/mol. The standard InChI is InChI=1S/C13H12BrF6N5O2/c1-7-10(14)11(13(18,19)20)23-25(7)4-9(26)22-8-2-21-24(3-8)6-27-5-12(15,16)17/h2-3H,4-6H2,1H3,(H,22,26). The van der Waals surface area contributed by atoms with Crippen molar-refractivity contribution in [2.45, 2.75) is 32.6 Å². The first-order valence-corrected chi connectivity index (χ1v) is 7.93. The Hall–Kier alpha value is -2.09. The Bertz CT molecular complexity index is 813. The average molecular weight is 464 g/mol. The van der Waals surface area contributed by atoms with E-state index in [4.69, 9.17) is 0 Å². The normalized spacial score (nSPS) is 12.4. The van der Waals surface area contributed by atoms with Crippen LogP contribution in [0.15, 0.2) is 16.9 Å². The van der Waals surface area contributed by atoms with Crippen LogP contribution in [-0.4, -0.2) is 38.3 Å². The largest absolute Gasteiger partial charge is 0.436 e. The molecule has 2 heterocycles. The van der Waals surface area contributed by atoms with E-state index in [9.17, 15) is 31.1 Å². The minimum atomic E-state index is -4.68. The molecule has 1 amide bonds. The summed E-state index contributed by atoms with van der Waals surface area (Å²) in [4.78, 5) is 12.0. The molecule has 150 valence electrons. The summed E-state index contributed by atoms with van der Waals surface area (Å²) >= 11 is 2.79. The van der Waals surface area contributed by atoms with Crippen LogP contribution in [0, 0.1) is 6.92 Å². The number of amides is 1. The summed E-state index contributed by atoms with van der Waals surface area (Å²) in [6.45, 7) is -1.09. The highest BCUT2D eigenvalue weighted by molar-refractivity contribution is 9.10. The first-order valence-electron chi connectivity index (χ1n) is 7.13. The molecule has 0 atom stereocenters. The maximum atomic E-state index is 12.8. The maximum Gasteiger partial charge on any atom is 0.436 e. The average Bonchev–Trinajstić information content (AvgIpc) is 3.05. The second kappa shape index (κ2) is 7.88. The highest BCUT2D eigenvalue weighted by Gasteiger charge is 2.38. The van der Waals surface area contributed by atoms with Crippen molar-refractivity contribution >= 4 is 27.5 Å². The van der Waals surface area contributed by atoms with Crippen molar-refractivity contribution in [3.63, 3.8) is 0 Å². The highest BCUT2D eigenvalue weighted by Crippen LogP contribution is 2.35. The van der Waals surface area contributed by atoms with Gasteiger partial charge >= 0.3 is 12.4 Å². The van der Waals surface area contributed by atoms with Crippen LogP contribution in [0.25, 0.3) is 0 Å². The van der Waals surface area contributed by atoms with E-state index in [1.54, 1.807) is 0 Å². The number of rotatable bonds is 6. The molecule has 0 fully saturated rings. The zero-order valence-corrected chi connectivity index (χ0v) is 15.1. The molecule has 0 unspecified atom stereocenters. The fourth-order valence-electron chi connectivity index (χ4n) is 1.95. The Labute approximate surface area is 156 Å². The Balaban J connectivity index is 1.95. The molecule has 14 heteroatoms. The van der Waals surface area contributed by atoms with E-state index < -0.39 is 43.8 Å². The van der Waals surface area contributed by atoms with Gasteiger partial charge in [0.1, 0.15) is 19.9 Å². The zero-order valence-electron chi connectivity index (χ0n) is 13.5. The van der Waals surface area contributed by atoms with Gasteiger partial charge in [-0.15, -0.1) is 0 Å². The Kier molecular flexibility index (Phi) is 6.19. The predicted octanol–water partition coefficient (Wildman–Crippen LogP) is 3.34. The van der Waals surface area contributed by atoms with Crippen LogP contribution in [0.2, 0.25) is 0 Å². The zero-order chi connectivity index (χ0) is 20.4. The molecule has 2 aromatic rings. The van der Waals surface area contributed by atoms with Gasteiger partial charge in [0, 0.05) is 0 Å². The van der Waals surface area contributed by atoms with Crippen LogP contribution in [0.4, 0.5) is 32.0 Å². The summed E-state index contributed by atoms with van der Waals surface area (Å²) in [6, 6.07) is 0. The minimum Gasteiger partial charge on any atom is -0.350 e. The molecule has 0 bridgehead atoms. The van der Waals surface area contributed by atoms with Gasteiger partial charge in [-0.1, -0.05) is 0 Å². The molecular formula is C13H12BrF6N5O2. The van der Waals surface area contributed by atoms with E-state index in [-0.39, 0.29) is 15.9 Å². The third-order valence-electron chi connectivity index (χ3n) is 3.10. The second-order valence-corrected chi connectivity index (χ2v) is 6.11. The van der Waals surface area contributed by atoms with E-state index in [0.29, 0.717) is 0 Å². The Morgan fingerprint density at radius 1 is 1.30 bits per heavy atom. The number of carbonyl (C=O) groups is 1. The smallest absolute Gasteiger partial charge is 0.350 e. The molecule has 0 radical (unpaired) electrons. The van der Waals surface area contributed by atoms with Crippen molar-refractivity contribution in [1.29, 1.82) is 0 Å². The van der Waals surface area contributed by atoms with E-state index in [1.165, 1.54) is 13.1 Å². The van der Waals surface area contributed by atoms with Crippen LogP contribution in [0.5, 0.6) is 0 Å². The van der Waals surface area contributed by atoms with Gasteiger partial charge in [-0.2, -0.15) is 36.5 Å². The monoisotopic (exact) mass is 463 g/mol. The number of aromatic nitrogens is 4. The molecule has 2 aromatic heterocycles. The van der Waals surface area contributed by atoms with Crippen LogP contribution in [0.3, 0.4) is 0 Å². The summed E-state index contributed by atoms with van der Waals surface area (Å²) in [6.07, 6.45) is -6.79. The number of nitrogens with one attached hydrogen (secondary N) is 1. The third kappa shape index (κ3) is 5.95. The van der Waals surface area contributed by atoms with Gasteiger partial charge in [-0.3, -0.25) is 9.48 Å². The van der Waals surface area contributed by atoms with Gasteiger partial charge in [0.2, 0.25) is 5.91 Å². The van der Waals surface area contributed by atoms with E-state index in [2.05, 4.69) is 36.2 Å². The summed E-state index contributed by atoms with van der Waals surface area (Å²) in [5, 5.41) is 9.42. The number of nitrogens with zero attached hydrogens (tertiary/aromatic N) is 4. The van der Waals surface area contributed by atoms with Gasteiger partial charge in [0.05, 0.1) is 28.2 Å². The number of ether oxygens (including phenoxy) is 1. The van der Waals surface area contributed by atoms with Gasteiger partial charge in [-0.05, 0) is 22.9 Å². The lowest BCUT2D eigenvalue weighted by atomic mass is 10.3. The minimum absolute atomic E-state index is 0.105. The first-order chi connectivity index (χ1) is 12.4. The lowest BCUT2D eigenvalue weighted by Crippen LogP contribution is -2.20. The third-order valence-corrected chi connectivity index (χ3v) is 4.05. The van der Waals surface area contributed by atoms with Crippen LogP contribution in [0.1, 0.15) is 11.4 Å². The van der Waals surface area contributed by atoms with Gasteiger partial charge in [0.25, 0.3) is 0 Å². The number of halogens is 7. The quantitative estimate of drug-likeness (QED) is 0.666. The molecule has 0 aliphatic heterocycles. The topological polar surface area (TPSA) is 74.0 Å². The molecule has 7 nitrogen and oxygen atoms in total. The molecule has 0 aliphatic rings. The van der Waals surface area contributed by atoms with Gasteiger partial charge < -0.3 is 10.1 Å². The van der Waals surface area contributed by atoms with Crippen molar-refractivity contribution in [3.05, 3.63) is 28.3 Å². The van der Waals surface area contributed by atoms with Gasteiger partial charge in [0.15, 0.2) is 5.69 Å². The molecule has 27 heavy (non-hydrogen) atoms. The molecule has 0 spiro atoms. The number of hydrogen-bond donors (Lipinski definition) is 1. The molecule has 0 saturated heterocycles. The number of carbonyl (C=O) groups excluding carboxylic acids is 1. The first kappa shape index (κ1) is 21.2. The fraction of sp³-hybridized carbons (Fsp3) is 0.462. The maximum absolute atomic E-state index is 12.8. The van der Waals surface area contributed by atoms with Crippen LogP contribution < -0.4 is 5.32 Å². The SMILES string of the molecule is Cc1c(Br)c(C(F)(F)F)nn1CC(=O)Nc1cnn(COCC(F)(F)F)c1. The van der Waals surface area contributed by atoms with Crippen molar-refractivity contribution in [3.8, 4) is 0 Å². The summed E-state index contributed by atoms with van der Waals surface area (Å²) in [5.41, 5.74) is -0.910. The predicted molar refractivity (Wildman–Crippen MR) is 82.5 cm³/mol. The van der Waals surface area contributed by atoms with Crippen LogP contribution >= 0.6 is 15.9 Å². The lowest BCUT2D eigenvalue weighted by molar-refractivity contribution is -0.182. The van der Waals surface area contributed by atoms with Gasteiger partial charge in [-0.25, -0.2) is 4.68 Å². The molecule has 2 rings (SSSR count). The summed E-state index contributed by atoms with van der Waals surface area (Å²) in [7, 11) is 0. The van der Waals surface area contributed by atoms with Crippen LogP contribution in [-0.2, 0) is 29.0 Å². The number of anilines is 1. The molecule has 0 aliphatic carbocycles. The number of alkyl halides is 6. The molecule has 0 saturated carbocycles. The molecule has 0 aromatic carbocycles. The fourth-order valence-corrected chi connectivity index (χ4v) is 2.46. The van der Waals surface area contributed by atoms with Crippen molar-refractivity contribution in [1.82, 2.24) is 19.6 Å². The van der Waals surface area contributed by atoms with Crippen molar-refractivity contribution < 1.29 is 35.9 Å². The highest BCUT2D eigenvalue weighted by atomic mass is 79.9. The Morgan fingerprint density at radius 2 is 1.96 bits per heavy atom. The van der Waals surface area contributed by atoms with E-state index in [1.807, 2.05) is 0 Å². The van der Waals surface area contributed by atoms with Crippen molar-refractivity contribution in [2.75, 3.05) is 11.9 Å². The number of hydrogen-bond acceptors (Lipinski definition) is 4. The van der Waals surface area contributed by atoms with E-state index >= 15 is 0 Å². The molecule has 1 N–H and O–H groups in total.